The lowest BCUT2D eigenvalue weighted by Crippen LogP contribution is -2.26. The lowest BCUT2D eigenvalue weighted by molar-refractivity contribution is 0.316. The van der Waals surface area contributed by atoms with Gasteiger partial charge in [-0.3, -0.25) is 0 Å². The summed E-state index contributed by atoms with van der Waals surface area (Å²) in [6, 6.07) is 7.60. The van der Waals surface area contributed by atoms with Crippen molar-refractivity contribution in [2.45, 2.75) is 12.8 Å². The summed E-state index contributed by atoms with van der Waals surface area (Å²) < 4.78 is 1.48. The van der Waals surface area contributed by atoms with Crippen molar-refractivity contribution < 1.29 is 10.4 Å². The fraction of sp³-hybridized carbons (Fsp3) is 0.444. The lowest BCUT2D eigenvalue weighted by atomic mass is 10.2. The number of nitrogens with zero attached hydrogens (tertiary/aromatic N) is 2. The molecule has 0 radical (unpaired) electrons. The Kier molecular flexibility index (Phi) is 13.2. The molecule has 2 aromatic rings. The second-order valence-electron chi connectivity index (χ2n) is 6.10. The number of oxime groups is 2. The van der Waals surface area contributed by atoms with Crippen LogP contribution in [0.4, 0.5) is 0 Å². The van der Waals surface area contributed by atoms with Gasteiger partial charge in [0.15, 0.2) is 0 Å². The Morgan fingerprint density at radius 2 is 1.23 bits per heavy atom. The van der Waals surface area contributed by atoms with Gasteiger partial charge in [0.1, 0.15) is 0 Å². The van der Waals surface area contributed by atoms with Gasteiger partial charge in [-0.1, -0.05) is 55.1 Å². The third kappa shape index (κ3) is 10.7. The summed E-state index contributed by atoms with van der Waals surface area (Å²) in [6.07, 6.45) is 1.21. The number of nitrogens with one attached hydrogen (secondary N) is 2. The van der Waals surface area contributed by atoms with Crippen molar-refractivity contribution >= 4 is 78.9 Å². The van der Waals surface area contributed by atoms with Crippen molar-refractivity contribution in [2.24, 2.45) is 10.3 Å². The van der Waals surface area contributed by atoms with Crippen LogP contribution < -0.4 is 10.6 Å². The van der Waals surface area contributed by atoms with E-state index in [1.54, 1.807) is 21.6 Å². The highest BCUT2D eigenvalue weighted by atomic mass is 35.5. The molecular formula is C18H24Cl2N4O2S4. The van der Waals surface area contributed by atoms with Gasteiger partial charge in [0, 0.05) is 60.3 Å². The first-order valence-electron chi connectivity index (χ1n) is 9.14. The molecule has 0 aliphatic carbocycles. The van der Waals surface area contributed by atoms with Crippen molar-refractivity contribution in [1.82, 2.24) is 10.6 Å². The highest BCUT2D eigenvalue weighted by molar-refractivity contribution is 8.76. The second kappa shape index (κ2) is 15.4. The van der Waals surface area contributed by atoms with Crippen LogP contribution in [0.25, 0.3) is 0 Å². The smallest absolute Gasteiger partial charge is 0.0931 e. The van der Waals surface area contributed by atoms with Crippen LogP contribution in [0.5, 0.6) is 0 Å². The van der Waals surface area contributed by atoms with Crippen LogP contribution >= 0.6 is 67.5 Å². The highest BCUT2D eigenvalue weighted by Gasteiger charge is 2.06. The molecule has 0 aliphatic rings. The van der Waals surface area contributed by atoms with Crippen LogP contribution in [0.3, 0.4) is 0 Å². The number of rotatable bonds is 15. The summed E-state index contributed by atoms with van der Waals surface area (Å²) in [6.45, 7) is 2.77. The molecule has 0 bridgehead atoms. The molecule has 166 valence electrons. The Labute approximate surface area is 202 Å². The Bertz CT molecular complexity index is 747. The van der Waals surface area contributed by atoms with Crippen molar-refractivity contribution in [3.63, 3.8) is 0 Å². The number of thiophene rings is 2. The Balaban J connectivity index is 1.45. The molecule has 0 amide bonds. The van der Waals surface area contributed by atoms with Gasteiger partial charge in [-0.05, 0) is 24.3 Å². The molecule has 0 spiro atoms. The fourth-order valence-electron chi connectivity index (χ4n) is 2.37. The minimum Gasteiger partial charge on any atom is -0.411 e. The third-order valence-electron chi connectivity index (χ3n) is 3.76. The predicted molar refractivity (Wildman–Crippen MR) is 135 cm³/mol. The molecule has 12 heteroatoms. The van der Waals surface area contributed by atoms with Gasteiger partial charge in [-0.25, -0.2) is 0 Å². The standard InChI is InChI=1S/C18H24Cl2N4O2S4/c19-17-3-1-15(29-17)9-13(23-25)11-21-5-7-27-28-8-6-22-12-14(24-26)10-16-2-4-18(20)30-16/h1-4,21-22,25-26H,5-12H2/b23-13+,24-14+. The number of hydrogen-bond donors (Lipinski definition) is 4. The topological polar surface area (TPSA) is 89.2 Å². The minimum absolute atomic E-state index is 0.553. The van der Waals surface area contributed by atoms with E-state index >= 15 is 0 Å². The summed E-state index contributed by atoms with van der Waals surface area (Å²) in [4.78, 5) is 2.17. The van der Waals surface area contributed by atoms with Crippen LogP contribution in [0.2, 0.25) is 8.67 Å². The largest absolute Gasteiger partial charge is 0.411 e. The highest BCUT2D eigenvalue weighted by Crippen LogP contribution is 2.23. The molecule has 0 atom stereocenters. The normalized spacial score (nSPS) is 12.6. The average molecular weight is 528 g/mol. The van der Waals surface area contributed by atoms with E-state index in [4.69, 9.17) is 33.6 Å². The van der Waals surface area contributed by atoms with Gasteiger partial charge in [-0.2, -0.15) is 0 Å². The quantitative estimate of drug-likeness (QED) is 0.0845. The van der Waals surface area contributed by atoms with E-state index in [1.165, 1.54) is 22.7 Å². The summed E-state index contributed by atoms with van der Waals surface area (Å²) in [5, 5.41) is 31.6. The van der Waals surface area contributed by atoms with Crippen LogP contribution in [0.15, 0.2) is 34.6 Å². The molecule has 6 nitrogen and oxygen atoms in total. The number of hydrogen-bond acceptors (Lipinski definition) is 10. The fourth-order valence-corrected chi connectivity index (χ4v) is 6.51. The minimum atomic E-state index is 0.553. The van der Waals surface area contributed by atoms with Crippen molar-refractivity contribution in [1.29, 1.82) is 0 Å². The molecule has 0 aliphatic heterocycles. The summed E-state index contributed by atoms with van der Waals surface area (Å²) in [5.74, 6) is 1.91. The Morgan fingerprint density at radius 1 is 0.800 bits per heavy atom. The van der Waals surface area contributed by atoms with Crippen LogP contribution in [0, 0.1) is 0 Å². The van der Waals surface area contributed by atoms with E-state index in [-0.39, 0.29) is 0 Å². The second-order valence-corrected chi connectivity index (χ2v) is 12.4. The molecule has 4 N–H and O–H groups in total. The zero-order valence-electron chi connectivity index (χ0n) is 16.1. The SMILES string of the molecule is O/N=C(/CNCCSSCCNC/C(Cc1ccc(Cl)s1)=N/O)Cc1ccc(Cl)s1. The molecular weight excluding hydrogens is 503 g/mol. The molecule has 0 unspecified atom stereocenters. The molecule has 30 heavy (non-hydrogen) atoms. The first-order chi connectivity index (χ1) is 14.6. The van der Waals surface area contributed by atoms with E-state index in [1.807, 2.05) is 24.3 Å². The molecule has 0 aromatic carbocycles. The zero-order chi connectivity index (χ0) is 21.6. The molecule has 2 heterocycles. The maximum absolute atomic E-state index is 9.13. The first-order valence-corrected chi connectivity index (χ1v) is 14.0. The molecule has 0 saturated heterocycles. The molecule has 2 aromatic heterocycles. The number of halogens is 2. The van der Waals surface area contributed by atoms with Crippen LogP contribution in [0.1, 0.15) is 9.75 Å². The van der Waals surface area contributed by atoms with E-state index < -0.39 is 0 Å². The predicted octanol–water partition coefficient (Wildman–Crippen LogP) is 5.12. The van der Waals surface area contributed by atoms with Crippen molar-refractivity contribution in [3.8, 4) is 0 Å². The Morgan fingerprint density at radius 3 is 1.57 bits per heavy atom. The molecule has 0 saturated carbocycles. The maximum Gasteiger partial charge on any atom is 0.0931 e. The zero-order valence-corrected chi connectivity index (χ0v) is 20.9. The van der Waals surface area contributed by atoms with Gasteiger partial charge < -0.3 is 21.0 Å². The maximum atomic E-state index is 9.13. The van der Waals surface area contributed by atoms with Crippen molar-refractivity contribution in [2.75, 3.05) is 37.7 Å². The molecule has 2 rings (SSSR count). The summed E-state index contributed by atoms with van der Waals surface area (Å²) in [5.41, 5.74) is 1.39. The Hall–Kier alpha value is -0.460. The van der Waals surface area contributed by atoms with Gasteiger partial charge >= 0.3 is 0 Å². The van der Waals surface area contributed by atoms with Crippen LogP contribution in [-0.2, 0) is 12.8 Å². The van der Waals surface area contributed by atoms with E-state index in [2.05, 4.69) is 20.9 Å². The van der Waals surface area contributed by atoms with Gasteiger partial charge in [-0.15, -0.1) is 22.7 Å². The average Bonchev–Trinajstić information content (AvgIpc) is 3.34. The van der Waals surface area contributed by atoms with E-state index in [0.717, 1.165) is 43.0 Å². The van der Waals surface area contributed by atoms with Crippen molar-refractivity contribution in [3.05, 3.63) is 42.7 Å². The van der Waals surface area contributed by atoms with E-state index in [0.29, 0.717) is 37.4 Å². The van der Waals surface area contributed by atoms with Gasteiger partial charge in [0.25, 0.3) is 0 Å². The van der Waals surface area contributed by atoms with E-state index in [9.17, 15) is 0 Å². The van der Waals surface area contributed by atoms with Gasteiger partial charge in [0.05, 0.1) is 20.1 Å². The van der Waals surface area contributed by atoms with Gasteiger partial charge in [0.2, 0.25) is 0 Å². The third-order valence-corrected chi connectivity index (χ3v) is 8.63. The van der Waals surface area contributed by atoms with Crippen LogP contribution in [-0.4, -0.2) is 59.5 Å². The monoisotopic (exact) mass is 526 g/mol. The first kappa shape index (κ1) is 25.8. The summed E-state index contributed by atoms with van der Waals surface area (Å²) >= 11 is 14.8. The molecule has 0 fully saturated rings. The summed E-state index contributed by atoms with van der Waals surface area (Å²) in [7, 11) is 3.59. The lowest BCUT2D eigenvalue weighted by Gasteiger charge is -2.07.